The van der Waals surface area contributed by atoms with E-state index in [2.05, 4.69) is 5.32 Å². The van der Waals surface area contributed by atoms with Gasteiger partial charge in [-0.25, -0.2) is 0 Å². The molecular weight excluding hydrogens is 326 g/mol. The van der Waals surface area contributed by atoms with Gasteiger partial charge >= 0.3 is 0 Å². The SMILES string of the molecule is CC(C)Oc1ccc(NC(=O)CCC(=O)c2cccc(Cl)c2)cc1. The zero-order chi connectivity index (χ0) is 17.5. The summed E-state index contributed by atoms with van der Waals surface area (Å²) in [6.07, 6.45) is 0.360. The van der Waals surface area contributed by atoms with E-state index in [0.29, 0.717) is 16.3 Å². The van der Waals surface area contributed by atoms with Crippen molar-refractivity contribution in [2.75, 3.05) is 5.32 Å². The summed E-state index contributed by atoms with van der Waals surface area (Å²) < 4.78 is 5.54. The molecule has 0 aliphatic rings. The second-order valence-corrected chi connectivity index (χ2v) is 6.11. The molecule has 2 aromatic rings. The number of carbonyl (C=O) groups is 2. The molecule has 0 atom stereocenters. The minimum Gasteiger partial charge on any atom is -0.491 e. The van der Waals surface area contributed by atoms with Gasteiger partial charge in [-0.1, -0.05) is 23.7 Å². The lowest BCUT2D eigenvalue weighted by atomic mass is 10.1. The predicted molar refractivity (Wildman–Crippen MR) is 95.9 cm³/mol. The summed E-state index contributed by atoms with van der Waals surface area (Å²) in [5, 5.41) is 3.28. The highest BCUT2D eigenvalue weighted by Gasteiger charge is 2.10. The third kappa shape index (κ3) is 5.70. The van der Waals surface area contributed by atoms with E-state index in [1.807, 2.05) is 13.8 Å². The number of amides is 1. The molecule has 0 fully saturated rings. The van der Waals surface area contributed by atoms with E-state index >= 15 is 0 Å². The molecule has 2 rings (SSSR count). The highest BCUT2D eigenvalue weighted by atomic mass is 35.5. The minimum atomic E-state index is -0.206. The van der Waals surface area contributed by atoms with Gasteiger partial charge in [0.15, 0.2) is 5.78 Å². The van der Waals surface area contributed by atoms with E-state index in [1.165, 1.54) is 0 Å². The van der Waals surface area contributed by atoms with Crippen LogP contribution in [0.1, 0.15) is 37.0 Å². The molecule has 24 heavy (non-hydrogen) atoms. The Labute approximate surface area is 146 Å². The lowest BCUT2D eigenvalue weighted by Gasteiger charge is -2.10. The van der Waals surface area contributed by atoms with Gasteiger partial charge in [-0.2, -0.15) is 0 Å². The van der Waals surface area contributed by atoms with Gasteiger partial charge in [0.05, 0.1) is 6.10 Å². The van der Waals surface area contributed by atoms with Gasteiger partial charge < -0.3 is 10.1 Å². The van der Waals surface area contributed by atoms with Gasteiger partial charge in [0.25, 0.3) is 0 Å². The number of hydrogen-bond acceptors (Lipinski definition) is 3. The van der Waals surface area contributed by atoms with E-state index in [-0.39, 0.29) is 30.6 Å². The van der Waals surface area contributed by atoms with Crippen LogP contribution in [-0.2, 0) is 4.79 Å². The summed E-state index contributed by atoms with van der Waals surface area (Å²) in [6, 6.07) is 13.9. The summed E-state index contributed by atoms with van der Waals surface area (Å²) in [5.74, 6) is 0.440. The minimum absolute atomic E-state index is 0.0999. The zero-order valence-corrected chi connectivity index (χ0v) is 14.5. The fourth-order valence-electron chi connectivity index (χ4n) is 2.15. The number of halogens is 1. The molecular formula is C19H20ClNO3. The molecule has 126 valence electrons. The van der Waals surface area contributed by atoms with E-state index < -0.39 is 0 Å². The maximum atomic E-state index is 12.0. The summed E-state index contributed by atoms with van der Waals surface area (Å²) in [6.45, 7) is 3.90. The number of carbonyl (C=O) groups excluding carboxylic acids is 2. The first-order valence-electron chi connectivity index (χ1n) is 7.79. The van der Waals surface area contributed by atoms with E-state index in [9.17, 15) is 9.59 Å². The van der Waals surface area contributed by atoms with Crippen LogP contribution in [0.2, 0.25) is 5.02 Å². The summed E-state index contributed by atoms with van der Waals surface area (Å²) >= 11 is 5.86. The average Bonchev–Trinajstić information content (AvgIpc) is 2.54. The monoisotopic (exact) mass is 345 g/mol. The Hall–Kier alpha value is -2.33. The molecule has 0 aliphatic carbocycles. The summed E-state index contributed by atoms with van der Waals surface area (Å²) in [5.41, 5.74) is 1.19. The second-order valence-electron chi connectivity index (χ2n) is 5.67. The van der Waals surface area contributed by atoms with Crippen LogP contribution in [0.3, 0.4) is 0 Å². The van der Waals surface area contributed by atoms with Crippen molar-refractivity contribution in [3.8, 4) is 5.75 Å². The number of rotatable bonds is 7. The summed E-state index contributed by atoms with van der Waals surface area (Å²) in [4.78, 5) is 24.0. The molecule has 1 N–H and O–H groups in total. The number of Topliss-reactive ketones (excluding diaryl/α,β-unsaturated/α-hetero) is 1. The van der Waals surface area contributed by atoms with Crippen molar-refractivity contribution < 1.29 is 14.3 Å². The largest absolute Gasteiger partial charge is 0.491 e. The van der Waals surface area contributed by atoms with E-state index in [0.717, 1.165) is 5.75 Å². The average molecular weight is 346 g/mol. The third-order valence-electron chi connectivity index (χ3n) is 3.24. The Morgan fingerprint density at radius 2 is 1.79 bits per heavy atom. The lowest BCUT2D eigenvalue weighted by Crippen LogP contribution is -2.13. The Morgan fingerprint density at radius 1 is 1.08 bits per heavy atom. The number of nitrogens with one attached hydrogen (secondary N) is 1. The molecule has 1 amide bonds. The van der Waals surface area contributed by atoms with Gasteiger partial charge in [0, 0.05) is 29.1 Å². The quantitative estimate of drug-likeness (QED) is 0.738. The topological polar surface area (TPSA) is 55.4 Å². The van der Waals surface area contributed by atoms with Gasteiger partial charge in [0.2, 0.25) is 5.91 Å². The first-order valence-corrected chi connectivity index (χ1v) is 8.17. The van der Waals surface area contributed by atoms with Gasteiger partial charge in [-0.3, -0.25) is 9.59 Å². The van der Waals surface area contributed by atoms with Gasteiger partial charge in [-0.05, 0) is 50.2 Å². The van der Waals surface area contributed by atoms with Crippen LogP contribution in [-0.4, -0.2) is 17.8 Å². The maximum absolute atomic E-state index is 12.0. The van der Waals surface area contributed by atoms with Crippen molar-refractivity contribution in [2.45, 2.75) is 32.8 Å². The molecule has 5 heteroatoms. The number of benzene rings is 2. The second kappa shape index (κ2) is 8.50. The highest BCUT2D eigenvalue weighted by molar-refractivity contribution is 6.31. The van der Waals surface area contributed by atoms with Crippen LogP contribution < -0.4 is 10.1 Å². The van der Waals surface area contributed by atoms with Crippen molar-refractivity contribution >= 4 is 29.0 Å². The predicted octanol–water partition coefficient (Wildman–Crippen LogP) is 4.73. The molecule has 4 nitrogen and oxygen atoms in total. The molecule has 0 spiro atoms. The smallest absolute Gasteiger partial charge is 0.224 e. The van der Waals surface area contributed by atoms with Crippen LogP contribution in [0.4, 0.5) is 5.69 Å². The van der Waals surface area contributed by atoms with Crippen molar-refractivity contribution in [3.63, 3.8) is 0 Å². The van der Waals surface area contributed by atoms with Crippen molar-refractivity contribution in [1.29, 1.82) is 0 Å². The van der Waals surface area contributed by atoms with Crippen LogP contribution in [0.5, 0.6) is 5.75 Å². The number of hydrogen-bond donors (Lipinski definition) is 1. The van der Waals surface area contributed by atoms with Crippen molar-refractivity contribution in [2.24, 2.45) is 0 Å². The number of ether oxygens (including phenoxy) is 1. The van der Waals surface area contributed by atoms with Crippen LogP contribution in [0.15, 0.2) is 48.5 Å². The maximum Gasteiger partial charge on any atom is 0.224 e. The first kappa shape index (κ1) is 18.0. The Morgan fingerprint density at radius 3 is 2.42 bits per heavy atom. The Bertz CT molecular complexity index is 711. The molecule has 0 heterocycles. The molecule has 0 unspecified atom stereocenters. The van der Waals surface area contributed by atoms with Crippen LogP contribution in [0, 0.1) is 0 Å². The number of ketones is 1. The van der Waals surface area contributed by atoms with Gasteiger partial charge in [0.1, 0.15) is 5.75 Å². The summed E-state index contributed by atoms with van der Waals surface area (Å²) in [7, 11) is 0. The van der Waals surface area contributed by atoms with E-state index in [1.54, 1.807) is 48.5 Å². The zero-order valence-electron chi connectivity index (χ0n) is 13.7. The highest BCUT2D eigenvalue weighted by Crippen LogP contribution is 2.17. The standard InChI is InChI=1S/C19H20ClNO3/c1-13(2)24-17-8-6-16(7-9-17)21-19(23)11-10-18(22)14-4-3-5-15(20)12-14/h3-9,12-13H,10-11H2,1-2H3,(H,21,23). The Balaban J connectivity index is 1.83. The van der Waals surface area contributed by atoms with Crippen LogP contribution >= 0.6 is 11.6 Å². The molecule has 0 saturated heterocycles. The van der Waals surface area contributed by atoms with Crippen LogP contribution in [0.25, 0.3) is 0 Å². The normalized spacial score (nSPS) is 10.5. The third-order valence-corrected chi connectivity index (χ3v) is 3.47. The molecule has 0 saturated carbocycles. The fourth-order valence-corrected chi connectivity index (χ4v) is 2.34. The molecule has 0 aliphatic heterocycles. The molecule has 0 radical (unpaired) electrons. The fraction of sp³-hybridized carbons (Fsp3) is 0.263. The van der Waals surface area contributed by atoms with Gasteiger partial charge in [-0.15, -0.1) is 0 Å². The lowest BCUT2D eigenvalue weighted by molar-refractivity contribution is -0.116. The van der Waals surface area contributed by atoms with Crippen molar-refractivity contribution in [3.05, 3.63) is 59.1 Å². The number of anilines is 1. The Kier molecular flexibility index (Phi) is 6.38. The first-order chi connectivity index (χ1) is 11.4. The van der Waals surface area contributed by atoms with Crippen molar-refractivity contribution in [1.82, 2.24) is 0 Å². The molecule has 0 aromatic heterocycles. The van der Waals surface area contributed by atoms with E-state index in [4.69, 9.17) is 16.3 Å². The molecule has 0 bridgehead atoms. The molecule has 2 aromatic carbocycles.